The molecule has 1 aliphatic heterocycles. The highest BCUT2D eigenvalue weighted by Gasteiger charge is 2.28. The summed E-state index contributed by atoms with van der Waals surface area (Å²) in [6.07, 6.45) is 2.23. The van der Waals surface area contributed by atoms with Crippen LogP contribution in [-0.4, -0.2) is 22.3 Å². The molecule has 1 aromatic rings. The minimum Gasteiger partial charge on any atom is -0.335 e. The van der Waals surface area contributed by atoms with E-state index in [1.165, 1.54) is 0 Å². The summed E-state index contributed by atoms with van der Waals surface area (Å²) in [6, 6.07) is 4.08. The number of nitrogens with zero attached hydrogens (tertiary/aromatic N) is 3. The van der Waals surface area contributed by atoms with Crippen LogP contribution in [0, 0.1) is 18.3 Å². The highest BCUT2D eigenvalue weighted by molar-refractivity contribution is 5.77. The van der Waals surface area contributed by atoms with Gasteiger partial charge in [-0.05, 0) is 31.9 Å². The van der Waals surface area contributed by atoms with Gasteiger partial charge in [-0.2, -0.15) is 5.26 Å². The predicted octanol–water partition coefficient (Wildman–Crippen LogP) is 2.51. The van der Waals surface area contributed by atoms with E-state index in [0.717, 1.165) is 36.3 Å². The Hall–Kier alpha value is -1.89. The molecule has 0 saturated heterocycles. The van der Waals surface area contributed by atoms with Gasteiger partial charge in [0.1, 0.15) is 6.07 Å². The molecule has 1 aliphatic rings. The lowest BCUT2D eigenvalue weighted by Crippen LogP contribution is -2.39. The monoisotopic (exact) mass is 257 g/mol. The molecule has 100 valence electrons. The average molecular weight is 257 g/mol. The summed E-state index contributed by atoms with van der Waals surface area (Å²) >= 11 is 0. The predicted molar refractivity (Wildman–Crippen MR) is 72.4 cm³/mol. The van der Waals surface area contributed by atoms with Crippen molar-refractivity contribution in [2.24, 2.45) is 0 Å². The van der Waals surface area contributed by atoms with Crippen molar-refractivity contribution >= 4 is 5.91 Å². The number of hydrogen-bond donors (Lipinski definition) is 0. The van der Waals surface area contributed by atoms with Gasteiger partial charge in [-0.3, -0.25) is 9.78 Å². The molecular formula is C15H19N3O. The first-order valence-corrected chi connectivity index (χ1v) is 6.78. The van der Waals surface area contributed by atoms with Gasteiger partial charge < -0.3 is 4.90 Å². The Morgan fingerprint density at radius 1 is 1.63 bits per heavy atom. The molecule has 1 amide bonds. The number of aryl methyl sites for hydroxylation is 1. The van der Waals surface area contributed by atoms with E-state index in [0.29, 0.717) is 12.0 Å². The van der Waals surface area contributed by atoms with Gasteiger partial charge in [-0.15, -0.1) is 0 Å². The van der Waals surface area contributed by atoms with Crippen molar-refractivity contribution in [1.82, 2.24) is 9.88 Å². The second-order valence-corrected chi connectivity index (χ2v) is 5.03. The topological polar surface area (TPSA) is 57.0 Å². The van der Waals surface area contributed by atoms with Crippen molar-refractivity contribution in [2.75, 3.05) is 6.54 Å². The van der Waals surface area contributed by atoms with Crippen LogP contribution in [0.25, 0.3) is 0 Å². The van der Waals surface area contributed by atoms with Gasteiger partial charge in [0.25, 0.3) is 0 Å². The van der Waals surface area contributed by atoms with Crippen LogP contribution in [0.2, 0.25) is 0 Å². The third-order valence-electron chi connectivity index (χ3n) is 3.74. The molecule has 19 heavy (non-hydrogen) atoms. The smallest absolute Gasteiger partial charge is 0.223 e. The van der Waals surface area contributed by atoms with Crippen LogP contribution < -0.4 is 0 Å². The summed E-state index contributed by atoms with van der Waals surface area (Å²) < 4.78 is 0. The highest BCUT2D eigenvalue weighted by Crippen LogP contribution is 2.30. The number of fused-ring (bicyclic) bond motifs is 1. The Labute approximate surface area is 114 Å². The van der Waals surface area contributed by atoms with Gasteiger partial charge in [0.15, 0.2) is 0 Å². The summed E-state index contributed by atoms with van der Waals surface area (Å²) in [4.78, 5) is 18.5. The van der Waals surface area contributed by atoms with Gasteiger partial charge in [0, 0.05) is 25.1 Å². The molecule has 4 nitrogen and oxygen atoms in total. The van der Waals surface area contributed by atoms with Crippen molar-refractivity contribution in [2.45, 2.75) is 46.1 Å². The third kappa shape index (κ3) is 2.46. The zero-order chi connectivity index (χ0) is 14.0. The molecule has 2 heterocycles. The Balaban J connectivity index is 2.35. The van der Waals surface area contributed by atoms with Gasteiger partial charge in [0.05, 0.1) is 17.3 Å². The zero-order valence-electron chi connectivity index (χ0n) is 11.7. The molecule has 0 aromatic carbocycles. The number of carbonyl (C=O) groups is 1. The Morgan fingerprint density at radius 2 is 2.37 bits per heavy atom. The average Bonchev–Trinajstić information content (AvgIpc) is 2.38. The summed E-state index contributed by atoms with van der Waals surface area (Å²) in [5.41, 5.74) is 3.44. The lowest BCUT2D eigenvalue weighted by atomic mass is 9.95. The second-order valence-electron chi connectivity index (χ2n) is 5.03. The van der Waals surface area contributed by atoms with E-state index in [9.17, 15) is 4.79 Å². The first-order chi connectivity index (χ1) is 9.08. The molecule has 1 aromatic heterocycles. The van der Waals surface area contributed by atoms with Crippen LogP contribution in [0.4, 0.5) is 0 Å². The van der Waals surface area contributed by atoms with Crippen LogP contribution in [-0.2, 0) is 11.2 Å². The van der Waals surface area contributed by atoms with Crippen molar-refractivity contribution in [3.63, 3.8) is 0 Å². The molecule has 0 radical (unpaired) electrons. The first-order valence-electron chi connectivity index (χ1n) is 6.78. The number of amides is 1. The van der Waals surface area contributed by atoms with E-state index < -0.39 is 0 Å². The molecule has 4 heteroatoms. The molecular weight excluding hydrogens is 238 g/mol. The fraction of sp³-hybridized carbons (Fsp3) is 0.533. The summed E-state index contributed by atoms with van der Waals surface area (Å²) in [6.45, 7) is 6.62. The van der Waals surface area contributed by atoms with E-state index in [4.69, 9.17) is 5.26 Å². The molecule has 0 bridgehead atoms. The fourth-order valence-electron chi connectivity index (χ4n) is 2.63. The van der Waals surface area contributed by atoms with Crippen molar-refractivity contribution in [1.29, 1.82) is 5.26 Å². The quantitative estimate of drug-likeness (QED) is 0.818. The number of rotatable bonds is 2. The van der Waals surface area contributed by atoms with Gasteiger partial charge >= 0.3 is 0 Å². The van der Waals surface area contributed by atoms with Gasteiger partial charge in [-0.25, -0.2) is 0 Å². The standard InChI is InChI=1S/C15H19N3O/c1-4-5-15(19)18-7-6-14-13(11(18)3)8-12(9-16)10(2)17-14/h8,11H,4-7H2,1-3H3. The second kappa shape index (κ2) is 5.40. The maximum atomic E-state index is 12.1. The normalized spacial score (nSPS) is 17.8. The zero-order valence-corrected chi connectivity index (χ0v) is 11.7. The van der Waals surface area contributed by atoms with E-state index >= 15 is 0 Å². The molecule has 0 spiro atoms. The molecule has 2 rings (SSSR count). The molecule has 0 aliphatic carbocycles. The molecule has 1 unspecified atom stereocenters. The summed E-state index contributed by atoms with van der Waals surface area (Å²) in [5, 5.41) is 9.10. The minimum absolute atomic E-state index is 0.0167. The minimum atomic E-state index is 0.0167. The van der Waals surface area contributed by atoms with Crippen LogP contribution in [0.5, 0.6) is 0 Å². The Kier molecular flexibility index (Phi) is 3.84. The van der Waals surface area contributed by atoms with E-state index in [1.807, 2.05) is 31.7 Å². The number of pyridine rings is 1. The van der Waals surface area contributed by atoms with E-state index in [1.54, 1.807) is 0 Å². The number of nitriles is 1. The van der Waals surface area contributed by atoms with Crippen molar-refractivity contribution < 1.29 is 4.79 Å². The van der Waals surface area contributed by atoms with Gasteiger partial charge in [0.2, 0.25) is 5.91 Å². The van der Waals surface area contributed by atoms with E-state index in [2.05, 4.69) is 11.1 Å². The molecule has 0 N–H and O–H groups in total. The molecule has 0 saturated carbocycles. The molecule has 1 atom stereocenters. The summed E-state index contributed by atoms with van der Waals surface area (Å²) in [7, 11) is 0. The highest BCUT2D eigenvalue weighted by atomic mass is 16.2. The van der Waals surface area contributed by atoms with Crippen LogP contribution in [0.1, 0.15) is 55.2 Å². The van der Waals surface area contributed by atoms with Crippen LogP contribution in [0.15, 0.2) is 6.07 Å². The largest absolute Gasteiger partial charge is 0.335 e. The number of hydrogen-bond acceptors (Lipinski definition) is 3. The molecule has 0 fully saturated rings. The number of aromatic nitrogens is 1. The Morgan fingerprint density at radius 3 is 3.00 bits per heavy atom. The maximum absolute atomic E-state index is 12.1. The van der Waals surface area contributed by atoms with E-state index in [-0.39, 0.29) is 11.9 Å². The fourth-order valence-corrected chi connectivity index (χ4v) is 2.63. The summed E-state index contributed by atoms with van der Waals surface area (Å²) in [5.74, 6) is 0.194. The maximum Gasteiger partial charge on any atom is 0.223 e. The SMILES string of the molecule is CCCC(=O)N1CCc2nc(C)c(C#N)cc2C1C. The van der Waals surface area contributed by atoms with Crippen LogP contribution in [0.3, 0.4) is 0 Å². The van der Waals surface area contributed by atoms with Crippen LogP contribution >= 0.6 is 0 Å². The number of carbonyl (C=O) groups excluding carboxylic acids is 1. The first kappa shape index (κ1) is 13.5. The van der Waals surface area contributed by atoms with Crippen molar-refractivity contribution in [3.05, 3.63) is 28.6 Å². The van der Waals surface area contributed by atoms with Gasteiger partial charge in [-0.1, -0.05) is 6.92 Å². The Bertz CT molecular complexity index is 545. The lowest BCUT2D eigenvalue weighted by Gasteiger charge is -2.35. The third-order valence-corrected chi connectivity index (χ3v) is 3.74. The van der Waals surface area contributed by atoms with Crippen molar-refractivity contribution in [3.8, 4) is 6.07 Å². The lowest BCUT2D eigenvalue weighted by molar-refractivity contribution is -0.133.